The van der Waals surface area contributed by atoms with E-state index in [2.05, 4.69) is 29.8 Å². The Labute approximate surface area is 97.0 Å². The summed E-state index contributed by atoms with van der Waals surface area (Å²) in [6, 6.07) is 0. The van der Waals surface area contributed by atoms with Crippen LogP contribution in [0.2, 0.25) is 0 Å². The maximum absolute atomic E-state index is 3.94. The summed E-state index contributed by atoms with van der Waals surface area (Å²) in [5, 5.41) is 0. The molecule has 2 aliphatic rings. The van der Waals surface area contributed by atoms with Gasteiger partial charge in [-0.05, 0) is 49.4 Å². The lowest BCUT2D eigenvalue weighted by Crippen LogP contribution is -2.43. The summed E-state index contributed by atoms with van der Waals surface area (Å²) in [7, 11) is 0. The van der Waals surface area contributed by atoms with Crippen LogP contribution in [0.3, 0.4) is 0 Å². The second-order valence-electron chi connectivity index (χ2n) is 5.86. The van der Waals surface area contributed by atoms with Gasteiger partial charge in [-0.3, -0.25) is 0 Å². The SMILES string of the molecule is CC(C)CC(Br)C1CCC12CCCC2. The molecule has 2 saturated carbocycles. The molecular formula is C13H23Br. The fourth-order valence-corrected chi connectivity index (χ4v) is 5.17. The van der Waals surface area contributed by atoms with Crippen LogP contribution in [0.25, 0.3) is 0 Å². The van der Waals surface area contributed by atoms with Gasteiger partial charge >= 0.3 is 0 Å². The van der Waals surface area contributed by atoms with Gasteiger partial charge in [0.25, 0.3) is 0 Å². The Kier molecular flexibility index (Phi) is 3.26. The molecule has 0 saturated heterocycles. The third kappa shape index (κ3) is 1.89. The lowest BCUT2D eigenvalue weighted by atomic mass is 9.57. The van der Waals surface area contributed by atoms with Crippen molar-refractivity contribution < 1.29 is 0 Å². The Morgan fingerprint density at radius 2 is 1.86 bits per heavy atom. The van der Waals surface area contributed by atoms with Crippen molar-refractivity contribution >= 4 is 15.9 Å². The summed E-state index contributed by atoms with van der Waals surface area (Å²) in [4.78, 5) is 0.800. The minimum atomic E-state index is 0.795. The van der Waals surface area contributed by atoms with Crippen molar-refractivity contribution in [3.8, 4) is 0 Å². The number of alkyl halides is 1. The molecule has 1 spiro atoms. The van der Waals surface area contributed by atoms with Gasteiger partial charge in [0.05, 0.1) is 0 Å². The number of hydrogen-bond donors (Lipinski definition) is 0. The Hall–Kier alpha value is 0.480. The van der Waals surface area contributed by atoms with E-state index in [4.69, 9.17) is 0 Å². The van der Waals surface area contributed by atoms with Gasteiger partial charge in [-0.1, -0.05) is 42.6 Å². The zero-order valence-electron chi connectivity index (χ0n) is 9.56. The van der Waals surface area contributed by atoms with E-state index in [0.29, 0.717) is 0 Å². The van der Waals surface area contributed by atoms with Gasteiger partial charge in [-0.2, -0.15) is 0 Å². The molecule has 1 heteroatoms. The van der Waals surface area contributed by atoms with Crippen LogP contribution in [0.15, 0.2) is 0 Å². The quantitative estimate of drug-likeness (QED) is 0.640. The Morgan fingerprint density at radius 1 is 1.21 bits per heavy atom. The van der Waals surface area contributed by atoms with Crippen LogP contribution in [0.4, 0.5) is 0 Å². The van der Waals surface area contributed by atoms with E-state index in [9.17, 15) is 0 Å². The van der Waals surface area contributed by atoms with E-state index >= 15 is 0 Å². The zero-order chi connectivity index (χ0) is 10.2. The molecule has 2 rings (SSSR count). The van der Waals surface area contributed by atoms with Gasteiger partial charge < -0.3 is 0 Å². The van der Waals surface area contributed by atoms with Crippen molar-refractivity contribution in [3.63, 3.8) is 0 Å². The van der Waals surface area contributed by atoms with Crippen LogP contribution in [0.5, 0.6) is 0 Å². The Bertz CT molecular complexity index is 191. The molecule has 82 valence electrons. The molecule has 0 N–H and O–H groups in total. The highest BCUT2D eigenvalue weighted by atomic mass is 79.9. The maximum Gasteiger partial charge on any atom is 0.0181 e. The van der Waals surface area contributed by atoms with Crippen LogP contribution in [-0.4, -0.2) is 4.83 Å². The van der Waals surface area contributed by atoms with Gasteiger partial charge in [-0.15, -0.1) is 0 Å². The first-order valence-corrected chi connectivity index (χ1v) is 7.20. The van der Waals surface area contributed by atoms with Crippen LogP contribution in [0, 0.1) is 17.3 Å². The monoisotopic (exact) mass is 258 g/mol. The third-order valence-corrected chi connectivity index (χ3v) is 5.48. The summed E-state index contributed by atoms with van der Waals surface area (Å²) in [6.07, 6.45) is 10.4. The van der Waals surface area contributed by atoms with Crippen molar-refractivity contribution in [2.75, 3.05) is 0 Å². The second kappa shape index (κ2) is 4.15. The first kappa shape index (κ1) is 11.0. The van der Waals surface area contributed by atoms with Crippen molar-refractivity contribution in [1.29, 1.82) is 0 Å². The molecule has 2 fully saturated rings. The molecule has 2 atom stereocenters. The van der Waals surface area contributed by atoms with Crippen LogP contribution < -0.4 is 0 Å². The average molecular weight is 259 g/mol. The summed E-state index contributed by atoms with van der Waals surface area (Å²) in [6.45, 7) is 4.68. The Balaban J connectivity index is 1.91. The number of halogens is 1. The maximum atomic E-state index is 3.94. The molecule has 0 aliphatic heterocycles. The van der Waals surface area contributed by atoms with Crippen molar-refractivity contribution in [3.05, 3.63) is 0 Å². The van der Waals surface area contributed by atoms with E-state index in [-0.39, 0.29) is 0 Å². The highest BCUT2D eigenvalue weighted by molar-refractivity contribution is 9.09. The Morgan fingerprint density at radius 3 is 2.29 bits per heavy atom. The third-order valence-electron chi connectivity index (χ3n) is 4.47. The largest absolute Gasteiger partial charge is 0.0887 e. The van der Waals surface area contributed by atoms with Crippen LogP contribution in [-0.2, 0) is 0 Å². The lowest BCUT2D eigenvalue weighted by Gasteiger charge is -2.50. The molecule has 2 aliphatic carbocycles. The minimum Gasteiger partial charge on any atom is -0.0887 e. The van der Waals surface area contributed by atoms with Gasteiger partial charge in [0.2, 0.25) is 0 Å². The van der Waals surface area contributed by atoms with E-state index in [1.807, 2.05) is 0 Å². The van der Waals surface area contributed by atoms with Crippen LogP contribution >= 0.6 is 15.9 Å². The van der Waals surface area contributed by atoms with E-state index in [1.54, 1.807) is 0 Å². The minimum absolute atomic E-state index is 0.795. The first-order chi connectivity index (χ1) is 6.64. The summed E-state index contributed by atoms with van der Waals surface area (Å²) < 4.78 is 0. The van der Waals surface area contributed by atoms with Gasteiger partial charge in [-0.25, -0.2) is 0 Å². The van der Waals surface area contributed by atoms with Gasteiger partial charge in [0.15, 0.2) is 0 Å². The molecule has 0 heterocycles. The first-order valence-electron chi connectivity index (χ1n) is 6.28. The molecule has 2 unspecified atom stereocenters. The highest BCUT2D eigenvalue weighted by Crippen LogP contribution is 2.60. The number of hydrogen-bond acceptors (Lipinski definition) is 0. The molecule has 0 bridgehead atoms. The fraction of sp³-hybridized carbons (Fsp3) is 1.00. The second-order valence-corrected chi connectivity index (χ2v) is 7.04. The van der Waals surface area contributed by atoms with Crippen molar-refractivity contribution in [2.24, 2.45) is 17.3 Å². The standard InChI is InChI=1S/C13H23Br/c1-10(2)9-12(14)11-5-8-13(11)6-3-4-7-13/h10-12H,3-9H2,1-2H3. The van der Waals surface area contributed by atoms with Crippen LogP contribution in [0.1, 0.15) is 58.8 Å². The zero-order valence-corrected chi connectivity index (χ0v) is 11.1. The van der Waals surface area contributed by atoms with E-state index in [0.717, 1.165) is 22.1 Å². The molecule has 0 radical (unpaired) electrons. The topological polar surface area (TPSA) is 0 Å². The van der Waals surface area contributed by atoms with E-state index in [1.165, 1.54) is 44.9 Å². The smallest absolute Gasteiger partial charge is 0.0181 e. The molecule has 0 nitrogen and oxygen atoms in total. The molecule has 14 heavy (non-hydrogen) atoms. The number of rotatable bonds is 3. The summed E-state index contributed by atoms with van der Waals surface area (Å²) in [5.74, 6) is 1.85. The molecule has 0 aromatic heterocycles. The lowest BCUT2D eigenvalue weighted by molar-refractivity contribution is 0.0333. The predicted octanol–water partition coefficient (Wildman–Crippen LogP) is 4.77. The predicted molar refractivity (Wildman–Crippen MR) is 65.8 cm³/mol. The summed E-state index contributed by atoms with van der Waals surface area (Å²) in [5.41, 5.74) is 0.795. The molecule has 0 aromatic carbocycles. The van der Waals surface area contributed by atoms with Crippen molar-refractivity contribution in [1.82, 2.24) is 0 Å². The normalized spacial score (nSPS) is 32.1. The van der Waals surface area contributed by atoms with Gasteiger partial charge in [0.1, 0.15) is 0 Å². The van der Waals surface area contributed by atoms with E-state index < -0.39 is 0 Å². The fourth-order valence-electron chi connectivity index (χ4n) is 3.60. The molecular weight excluding hydrogens is 236 g/mol. The molecule has 0 aromatic rings. The van der Waals surface area contributed by atoms with Gasteiger partial charge in [0, 0.05) is 4.83 Å². The average Bonchev–Trinajstić information content (AvgIpc) is 2.49. The summed E-state index contributed by atoms with van der Waals surface area (Å²) >= 11 is 3.94. The van der Waals surface area contributed by atoms with Crippen molar-refractivity contribution in [2.45, 2.75) is 63.6 Å². The highest BCUT2D eigenvalue weighted by Gasteiger charge is 2.50. The molecule has 0 amide bonds.